The lowest BCUT2D eigenvalue weighted by Gasteiger charge is -2.16. The summed E-state index contributed by atoms with van der Waals surface area (Å²) < 4.78 is 62.3. The fourth-order valence-corrected chi connectivity index (χ4v) is 2.87. The minimum Gasteiger partial charge on any atom is -0.225 e. The topological polar surface area (TPSA) is 60.2 Å². The fourth-order valence-electron chi connectivity index (χ4n) is 2.08. The van der Waals surface area contributed by atoms with E-state index in [-0.39, 0.29) is 12.0 Å². The third-order valence-corrected chi connectivity index (χ3v) is 3.96. The van der Waals surface area contributed by atoms with Crippen LogP contribution in [-0.2, 0) is 22.6 Å². The first kappa shape index (κ1) is 15.5. The highest BCUT2D eigenvalue weighted by atomic mass is 32.2. The Balaban J connectivity index is 2.65. The molecular weight excluding hydrogens is 303 g/mol. The maximum atomic E-state index is 13.1. The van der Waals surface area contributed by atoms with Gasteiger partial charge < -0.3 is 0 Å². The molecule has 2 aromatic rings. The molecule has 0 atom stereocenters. The lowest BCUT2D eigenvalue weighted by Crippen LogP contribution is -2.18. The van der Waals surface area contributed by atoms with Crippen LogP contribution in [0.25, 0.3) is 0 Å². The molecule has 0 fully saturated rings. The van der Waals surface area contributed by atoms with Crippen LogP contribution in [0, 0.1) is 0 Å². The summed E-state index contributed by atoms with van der Waals surface area (Å²) in [4.78, 5) is -0.499. The monoisotopic (exact) mass is 315 g/mol. The summed E-state index contributed by atoms with van der Waals surface area (Å²) in [5.74, 6) is 0. The summed E-state index contributed by atoms with van der Waals surface area (Å²) in [6.45, 7) is 0. The van der Waals surface area contributed by atoms with E-state index in [0.717, 1.165) is 18.2 Å². The normalized spacial score (nSPS) is 12.4. The summed E-state index contributed by atoms with van der Waals surface area (Å²) in [5.41, 5.74) is -0.754. The third kappa shape index (κ3) is 3.62. The average molecular weight is 315 g/mol. The van der Waals surface area contributed by atoms with Crippen molar-refractivity contribution in [2.24, 2.45) is 5.14 Å². The van der Waals surface area contributed by atoms with Crippen LogP contribution in [0.2, 0.25) is 0 Å². The molecule has 0 amide bonds. The van der Waals surface area contributed by atoms with E-state index in [0.29, 0.717) is 5.56 Å². The number of hydrogen-bond acceptors (Lipinski definition) is 2. The molecule has 0 bridgehead atoms. The summed E-state index contributed by atoms with van der Waals surface area (Å²) in [6, 6.07) is 11.3. The van der Waals surface area contributed by atoms with Crippen LogP contribution >= 0.6 is 0 Å². The molecule has 0 spiro atoms. The van der Waals surface area contributed by atoms with Gasteiger partial charge in [0.05, 0.1) is 10.5 Å². The number of halogens is 3. The van der Waals surface area contributed by atoms with Crippen molar-refractivity contribution in [3.63, 3.8) is 0 Å². The summed E-state index contributed by atoms with van der Waals surface area (Å²) in [7, 11) is -4.24. The summed E-state index contributed by atoms with van der Waals surface area (Å²) in [6.07, 6.45) is -4.81. The first-order chi connectivity index (χ1) is 9.69. The van der Waals surface area contributed by atoms with Gasteiger partial charge in [0.15, 0.2) is 0 Å². The third-order valence-electron chi connectivity index (χ3n) is 2.97. The van der Waals surface area contributed by atoms with Crippen molar-refractivity contribution < 1.29 is 21.6 Å². The Morgan fingerprint density at radius 2 is 1.57 bits per heavy atom. The minimum absolute atomic E-state index is 0.164. The number of sulfonamides is 1. The van der Waals surface area contributed by atoms with Gasteiger partial charge in [0.1, 0.15) is 0 Å². The highest BCUT2D eigenvalue weighted by Crippen LogP contribution is 2.35. The number of benzene rings is 2. The van der Waals surface area contributed by atoms with Gasteiger partial charge in [-0.15, -0.1) is 0 Å². The van der Waals surface area contributed by atoms with Crippen LogP contribution in [0.1, 0.15) is 16.7 Å². The van der Waals surface area contributed by atoms with E-state index in [1.807, 2.05) is 0 Å². The molecule has 2 aromatic carbocycles. The number of alkyl halides is 3. The molecule has 0 saturated carbocycles. The van der Waals surface area contributed by atoms with Gasteiger partial charge in [0.2, 0.25) is 10.0 Å². The van der Waals surface area contributed by atoms with E-state index < -0.39 is 26.7 Å². The SMILES string of the molecule is NS(=O)(=O)c1cccc(C(F)(F)F)c1Cc1ccccc1. The zero-order chi connectivity index (χ0) is 15.7. The predicted octanol–water partition coefficient (Wildman–Crippen LogP) is 2.94. The first-order valence-electron chi connectivity index (χ1n) is 5.95. The van der Waals surface area contributed by atoms with E-state index in [1.165, 1.54) is 0 Å². The lowest BCUT2D eigenvalue weighted by molar-refractivity contribution is -0.138. The molecule has 2 rings (SSSR count). The highest BCUT2D eigenvalue weighted by molar-refractivity contribution is 7.89. The molecule has 2 N–H and O–H groups in total. The molecule has 0 unspecified atom stereocenters. The largest absolute Gasteiger partial charge is 0.416 e. The number of primary sulfonamides is 1. The van der Waals surface area contributed by atoms with Gasteiger partial charge >= 0.3 is 6.18 Å². The second kappa shape index (κ2) is 5.50. The Labute approximate surface area is 120 Å². The lowest BCUT2D eigenvalue weighted by atomic mass is 9.99. The molecule has 0 radical (unpaired) electrons. The summed E-state index contributed by atoms with van der Waals surface area (Å²) in [5, 5.41) is 5.03. The summed E-state index contributed by atoms with van der Waals surface area (Å²) >= 11 is 0. The van der Waals surface area contributed by atoms with Crippen molar-refractivity contribution in [1.82, 2.24) is 0 Å². The molecule has 3 nitrogen and oxygen atoms in total. The second-order valence-electron chi connectivity index (χ2n) is 4.49. The molecule has 7 heteroatoms. The molecule has 112 valence electrons. The van der Waals surface area contributed by atoms with Crippen LogP contribution < -0.4 is 5.14 Å². The average Bonchev–Trinajstić information content (AvgIpc) is 2.37. The molecular formula is C14H12F3NO2S. The maximum absolute atomic E-state index is 13.1. The van der Waals surface area contributed by atoms with Gasteiger partial charge in [0, 0.05) is 0 Å². The van der Waals surface area contributed by atoms with E-state index >= 15 is 0 Å². The standard InChI is InChI=1S/C14H12F3NO2S/c15-14(16,17)12-7-4-8-13(21(18,19)20)11(12)9-10-5-2-1-3-6-10/h1-8H,9H2,(H2,18,19,20). The first-order valence-corrected chi connectivity index (χ1v) is 7.50. The number of rotatable bonds is 3. The van der Waals surface area contributed by atoms with Crippen molar-refractivity contribution in [3.8, 4) is 0 Å². The Hall–Kier alpha value is -1.86. The molecule has 0 heterocycles. The Morgan fingerprint density at radius 1 is 0.952 bits per heavy atom. The molecule has 0 saturated heterocycles. The molecule has 0 aliphatic rings. The van der Waals surface area contributed by atoms with Crippen LogP contribution in [0.5, 0.6) is 0 Å². The van der Waals surface area contributed by atoms with Gasteiger partial charge in [-0.2, -0.15) is 13.2 Å². The fraction of sp³-hybridized carbons (Fsp3) is 0.143. The van der Waals surface area contributed by atoms with E-state index in [4.69, 9.17) is 5.14 Å². The van der Waals surface area contributed by atoms with Crippen LogP contribution in [0.4, 0.5) is 13.2 Å². The van der Waals surface area contributed by atoms with E-state index in [9.17, 15) is 21.6 Å². The molecule has 0 aliphatic heterocycles. The van der Waals surface area contributed by atoms with Crippen molar-refractivity contribution in [3.05, 3.63) is 65.2 Å². The smallest absolute Gasteiger partial charge is 0.225 e. The van der Waals surface area contributed by atoms with Crippen LogP contribution in [0.3, 0.4) is 0 Å². The van der Waals surface area contributed by atoms with Gasteiger partial charge in [0.25, 0.3) is 0 Å². The minimum atomic E-state index is -4.65. The van der Waals surface area contributed by atoms with Gasteiger partial charge in [-0.1, -0.05) is 36.4 Å². The van der Waals surface area contributed by atoms with Crippen molar-refractivity contribution in [2.75, 3.05) is 0 Å². The Kier molecular flexibility index (Phi) is 4.06. The predicted molar refractivity (Wildman–Crippen MR) is 72.1 cm³/mol. The highest BCUT2D eigenvalue weighted by Gasteiger charge is 2.35. The van der Waals surface area contributed by atoms with Gasteiger partial charge in [-0.25, -0.2) is 13.6 Å². The van der Waals surface area contributed by atoms with Crippen molar-refractivity contribution in [2.45, 2.75) is 17.5 Å². The zero-order valence-corrected chi connectivity index (χ0v) is 11.6. The van der Waals surface area contributed by atoms with Crippen LogP contribution in [0.15, 0.2) is 53.4 Å². The van der Waals surface area contributed by atoms with Crippen molar-refractivity contribution in [1.29, 1.82) is 0 Å². The van der Waals surface area contributed by atoms with Crippen LogP contribution in [-0.4, -0.2) is 8.42 Å². The Morgan fingerprint density at radius 3 is 2.10 bits per heavy atom. The van der Waals surface area contributed by atoms with Gasteiger partial charge in [-0.05, 0) is 29.7 Å². The zero-order valence-electron chi connectivity index (χ0n) is 10.8. The molecule has 0 aliphatic carbocycles. The van der Waals surface area contributed by atoms with Crippen molar-refractivity contribution >= 4 is 10.0 Å². The second-order valence-corrected chi connectivity index (χ2v) is 6.02. The molecule has 21 heavy (non-hydrogen) atoms. The number of hydrogen-bond donors (Lipinski definition) is 1. The Bertz CT molecular complexity index is 741. The van der Waals surface area contributed by atoms with E-state index in [2.05, 4.69) is 0 Å². The molecule has 0 aromatic heterocycles. The van der Waals surface area contributed by atoms with Gasteiger partial charge in [-0.3, -0.25) is 0 Å². The quantitative estimate of drug-likeness (QED) is 0.946. The number of nitrogens with two attached hydrogens (primary N) is 1. The maximum Gasteiger partial charge on any atom is 0.416 e. The van der Waals surface area contributed by atoms with E-state index in [1.54, 1.807) is 30.3 Å².